The van der Waals surface area contributed by atoms with Gasteiger partial charge in [0.25, 0.3) is 5.56 Å². The molecule has 1 aromatic rings. The number of likely N-dealkylation sites (tertiary alicyclic amines) is 1. The van der Waals surface area contributed by atoms with Crippen LogP contribution in [0.4, 0.5) is 4.79 Å². The van der Waals surface area contributed by atoms with E-state index in [0.717, 1.165) is 12.1 Å². The fourth-order valence-electron chi connectivity index (χ4n) is 3.18. The summed E-state index contributed by atoms with van der Waals surface area (Å²) in [7, 11) is 0. The van der Waals surface area contributed by atoms with Crippen LogP contribution in [0, 0.1) is 5.92 Å². The molecule has 2 bridgehead atoms. The maximum Gasteiger partial charge on any atom is 0.410 e. The van der Waals surface area contributed by atoms with Gasteiger partial charge in [-0.25, -0.2) is 4.79 Å². The average molecular weight is 292 g/mol. The number of hydrogen-bond donors (Lipinski definition) is 1. The first-order valence-corrected chi connectivity index (χ1v) is 7.18. The van der Waals surface area contributed by atoms with Gasteiger partial charge in [0.05, 0.1) is 6.04 Å². The summed E-state index contributed by atoms with van der Waals surface area (Å²) in [6, 6.07) is 2.98. The van der Waals surface area contributed by atoms with Crippen molar-refractivity contribution in [3.63, 3.8) is 0 Å². The van der Waals surface area contributed by atoms with Crippen LogP contribution in [-0.2, 0) is 11.3 Å². The van der Waals surface area contributed by atoms with Gasteiger partial charge in [-0.1, -0.05) is 0 Å². The number of pyridine rings is 1. The Morgan fingerprint density at radius 1 is 1.33 bits per heavy atom. The number of amides is 1. The van der Waals surface area contributed by atoms with E-state index in [1.165, 1.54) is 6.07 Å². The van der Waals surface area contributed by atoms with Crippen molar-refractivity contribution in [1.29, 1.82) is 0 Å². The van der Waals surface area contributed by atoms with Gasteiger partial charge in [0.15, 0.2) is 5.75 Å². The summed E-state index contributed by atoms with van der Waals surface area (Å²) < 4.78 is 7.03. The van der Waals surface area contributed by atoms with Crippen LogP contribution >= 0.6 is 0 Å². The van der Waals surface area contributed by atoms with E-state index < -0.39 is 5.60 Å². The molecule has 6 heteroatoms. The molecule has 0 aliphatic carbocycles. The van der Waals surface area contributed by atoms with E-state index in [0.29, 0.717) is 13.1 Å². The molecule has 1 amide bonds. The third kappa shape index (κ3) is 2.39. The molecule has 0 unspecified atom stereocenters. The lowest BCUT2D eigenvalue weighted by Gasteiger charge is -2.29. The fourth-order valence-corrected chi connectivity index (χ4v) is 3.18. The van der Waals surface area contributed by atoms with Gasteiger partial charge in [-0.2, -0.15) is 0 Å². The molecule has 2 atom stereocenters. The zero-order chi connectivity index (χ0) is 15.4. The smallest absolute Gasteiger partial charge is 0.410 e. The molecule has 0 saturated carbocycles. The van der Waals surface area contributed by atoms with E-state index in [2.05, 4.69) is 0 Å². The molecule has 2 aliphatic heterocycles. The van der Waals surface area contributed by atoms with Gasteiger partial charge in [0.1, 0.15) is 5.60 Å². The van der Waals surface area contributed by atoms with Crippen LogP contribution in [0.15, 0.2) is 16.9 Å². The maximum absolute atomic E-state index is 12.3. The van der Waals surface area contributed by atoms with Crippen molar-refractivity contribution in [3.8, 4) is 5.75 Å². The summed E-state index contributed by atoms with van der Waals surface area (Å²) in [5.74, 6) is -0.0154. The van der Waals surface area contributed by atoms with Crippen LogP contribution < -0.4 is 5.56 Å². The molecule has 21 heavy (non-hydrogen) atoms. The van der Waals surface area contributed by atoms with E-state index in [1.54, 1.807) is 15.5 Å². The Morgan fingerprint density at radius 3 is 2.71 bits per heavy atom. The highest BCUT2D eigenvalue weighted by Crippen LogP contribution is 2.40. The summed E-state index contributed by atoms with van der Waals surface area (Å²) in [6.45, 7) is 6.64. The number of nitrogens with zero attached hydrogens (tertiary/aromatic N) is 2. The van der Waals surface area contributed by atoms with E-state index in [1.807, 2.05) is 20.8 Å². The van der Waals surface area contributed by atoms with Crippen LogP contribution in [0.5, 0.6) is 5.75 Å². The molecule has 1 aromatic heterocycles. The van der Waals surface area contributed by atoms with Crippen molar-refractivity contribution >= 4 is 6.09 Å². The molecule has 2 aliphatic rings. The van der Waals surface area contributed by atoms with Crippen molar-refractivity contribution in [3.05, 3.63) is 28.2 Å². The molecule has 0 spiro atoms. The summed E-state index contributed by atoms with van der Waals surface area (Å²) in [5, 5.41) is 9.56. The second-order valence-corrected chi connectivity index (χ2v) is 6.81. The number of aromatic hydroxyl groups is 1. The second kappa shape index (κ2) is 4.51. The molecule has 114 valence electrons. The van der Waals surface area contributed by atoms with Crippen molar-refractivity contribution in [2.24, 2.45) is 5.92 Å². The van der Waals surface area contributed by atoms with Crippen molar-refractivity contribution in [2.45, 2.75) is 45.4 Å². The molecule has 1 N–H and O–H groups in total. The van der Waals surface area contributed by atoms with Crippen LogP contribution in [0.2, 0.25) is 0 Å². The fraction of sp³-hybridized carbons (Fsp3) is 0.600. The first-order valence-electron chi connectivity index (χ1n) is 7.18. The van der Waals surface area contributed by atoms with E-state index in [9.17, 15) is 14.7 Å². The Hall–Kier alpha value is -1.98. The van der Waals surface area contributed by atoms with Gasteiger partial charge in [0.2, 0.25) is 0 Å². The number of aromatic nitrogens is 1. The van der Waals surface area contributed by atoms with Crippen LogP contribution in [0.1, 0.15) is 38.9 Å². The number of hydrogen-bond acceptors (Lipinski definition) is 4. The Balaban J connectivity index is 1.94. The van der Waals surface area contributed by atoms with Crippen LogP contribution in [0.25, 0.3) is 0 Å². The minimum Gasteiger partial charge on any atom is -0.503 e. The Kier molecular flexibility index (Phi) is 3.00. The minimum absolute atomic E-state index is 0.146. The van der Waals surface area contributed by atoms with Gasteiger partial charge in [-0.05, 0) is 45.2 Å². The predicted molar refractivity (Wildman–Crippen MR) is 76.2 cm³/mol. The highest BCUT2D eigenvalue weighted by Gasteiger charge is 2.43. The summed E-state index contributed by atoms with van der Waals surface area (Å²) in [5.41, 5.74) is -0.145. The highest BCUT2D eigenvalue weighted by molar-refractivity contribution is 5.69. The lowest BCUT2D eigenvalue weighted by Crippen LogP contribution is -2.37. The summed E-state index contributed by atoms with van der Waals surface area (Å²) in [4.78, 5) is 26.0. The van der Waals surface area contributed by atoms with Crippen LogP contribution in [0.3, 0.4) is 0 Å². The second-order valence-electron chi connectivity index (χ2n) is 6.81. The molecule has 0 radical (unpaired) electrons. The highest BCUT2D eigenvalue weighted by atomic mass is 16.6. The average Bonchev–Trinajstić information content (AvgIpc) is 2.71. The topological polar surface area (TPSA) is 71.8 Å². The molecule has 1 saturated heterocycles. The maximum atomic E-state index is 12.3. The molecular formula is C15H20N2O4. The molecule has 6 nitrogen and oxygen atoms in total. The molecule has 3 rings (SSSR count). The number of ether oxygens (including phenoxy) is 1. The van der Waals surface area contributed by atoms with E-state index >= 15 is 0 Å². The lowest BCUT2D eigenvalue weighted by molar-refractivity contribution is 0.0220. The normalized spacial score (nSPS) is 23.9. The zero-order valence-corrected chi connectivity index (χ0v) is 12.5. The monoisotopic (exact) mass is 292 g/mol. The molecule has 0 aromatic carbocycles. The molecular weight excluding hydrogens is 272 g/mol. The largest absolute Gasteiger partial charge is 0.503 e. The lowest BCUT2D eigenvalue weighted by atomic mass is 9.98. The molecule has 1 fully saturated rings. The first-order chi connectivity index (χ1) is 9.76. The third-order valence-electron chi connectivity index (χ3n) is 3.99. The van der Waals surface area contributed by atoms with Gasteiger partial charge in [0, 0.05) is 18.8 Å². The quantitative estimate of drug-likeness (QED) is 0.792. The minimum atomic E-state index is -0.539. The van der Waals surface area contributed by atoms with Gasteiger partial charge in [-0.15, -0.1) is 0 Å². The Bertz CT molecular complexity index is 644. The SMILES string of the molecule is CC(C)(C)OC(=O)N1C[C@H]2C[C@@H]1c1ccc(O)c(=O)n1C2. The summed E-state index contributed by atoms with van der Waals surface area (Å²) >= 11 is 0. The Morgan fingerprint density at radius 2 is 2.05 bits per heavy atom. The number of fused-ring (bicyclic) bond motifs is 4. The van der Waals surface area contributed by atoms with Crippen LogP contribution in [-0.4, -0.2) is 32.8 Å². The number of rotatable bonds is 0. The number of carbonyl (C=O) groups is 1. The van der Waals surface area contributed by atoms with Crippen molar-refractivity contribution < 1.29 is 14.6 Å². The van der Waals surface area contributed by atoms with Crippen molar-refractivity contribution in [1.82, 2.24) is 9.47 Å². The Labute approximate surface area is 122 Å². The third-order valence-corrected chi connectivity index (χ3v) is 3.99. The number of carbonyl (C=O) groups excluding carboxylic acids is 1. The molecule has 3 heterocycles. The van der Waals surface area contributed by atoms with Gasteiger partial charge in [-0.3, -0.25) is 9.69 Å². The van der Waals surface area contributed by atoms with Crippen molar-refractivity contribution in [2.75, 3.05) is 6.54 Å². The first kappa shape index (κ1) is 14.0. The van der Waals surface area contributed by atoms with Gasteiger partial charge < -0.3 is 14.4 Å². The standard InChI is InChI=1S/C15H20N2O4/c1-15(2,3)21-14(20)17-8-9-6-11(17)10-4-5-12(18)13(19)16(10)7-9/h4-5,9,11,18H,6-8H2,1-3H3/t9-,11+/m0/s1. The van der Waals surface area contributed by atoms with Gasteiger partial charge >= 0.3 is 6.09 Å². The summed E-state index contributed by atoms with van der Waals surface area (Å²) in [6.07, 6.45) is 0.493. The van der Waals surface area contributed by atoms with E-state index in [4.69, 9.17) is 4.74 Å². The predicted octanol–water partition coefficient (Wildman–Crippen LogP) is 1.87. The zero-order valence-electron chi connectivity index (χ0n) is 12.5. The van der Waals surface area contributed by atoms with E-state index in [-0.39, 0.29) is 29.4 Å².